The standard InChI is InChI=1S/C12H9NO5/c1-16-9-3-7(2-8(5-13)12(14)15)4-10-11(9)18-6-17-10/h2-4H,6H2,1H3,(H,14,15)/p-1/b8-2+. The molecular formula is C12H8NO5-. The van der Waals surface area contributed by atoms with Crippen molar-refractivity contribution < 1.29 is 24.1 Å². The van der Waals surface area contributed by atoms with E-state index in [-0.39, 0.29) is 6.79 Å². The van der Waals surface area contributed by atoms with Crippen molar-refractivity contribution in [2.75, 3.05) is 13.9 Å². The van der Waals surface area contributed by atoms with Crippen LogP contribution >= 0.6 is 0 Å². The number of hydrogen-bond acceptors (Lipinski definition) is 6. The number of methoxy groups -OCH3 is 1. The van der Waals surface area contributed by atoms with Crippen LogP contribution in [-0.4, -0.2) is 19.9 Å². The molecule has 0 fully saturated rings. The zero-order valence-corrected chi connectivity index (χ0v) is 9.43. The number of nitriles is 1. The van der Waals surface area contributed by atoms with E-state index < -0.39 is 11.5 Å². The molecule has 6 heteroatoms. The lowest BCUT2D eigenvalue weighted by atomic mass is 10.1. The number of carbonyl (C=O) groups excluding carboxylic acids is 1. The number of aliphatic carboxylic acids is 1. The van der Waals surface area contributed by atoms with Gasteiger partial charge < -0.3 is 24.1 Å². The molecule has 0 unspecified atom stereocenters. The molecule has 0 bridgehead atoms. The topological polar surface area (TPSA) is 91.6 Å². The Balaban J connectivity index is 2.48. The van der Waals surface area contributed by atoms with Crippen molar-refractivity contribution in [1.29, 1.82) is 5.26 Å². The van der Waals surface area contributed by atoms with Gasteiger partial charge in [-0.15, -0.1) is 0 Å². The van der Waals surface area contributed by atoms with Gasteiger partial charge in [-0.3, -0.25) is 0 Å². The van der Waals surface area contributed by atoms with Crippen molar-refractivity contribution in [3.63, 3.8) is 0 Å². The summed E-state index contributed by atoms with van der Waals surface area (Å²) in [4.78, 5) is 10.6. The number of carboxylic acids is 1. The number of nitrogens with zero attached hydrogens (tertiary/aromatic N) is 1. The fourth-order valence-electron chi connectivity index (χ4n) is 1.54. The number of rotatable bonds is 3. The second kappa shape index (κ2) is 4.67. The number of benzene rings is 1. The van der Waals surface area contributed by atoms with Crippen molar-refractivity contribution >= 4 is 12.0 Å². The third kappa shape index (κ3) is 2.06. The summed E-state index contributed by atoms with van der Waals surface area (Å²) in [5.41, 5.74) is -0.0206. The third-order valence-electron chi connectivity index (χ3n) is 2.33. The smallest absolute Gasteiger partial charge is 0.231 e. The van der Waals surface area contributed by atoms with E-state index in [2.05, 4.69) is 0 Å². The molecule has 18 heavy (non-hydrogen) atoms. The molecule has 0 atom stereocenters. The summed E-state index contributed by atoms with van der Waals surface area (Å²) in [6.07, 6.45) is 1.18. The maximum atomic E-state index is 10.6. The second-order valence-corrected chi connectivity index (χ2v) is 3.41. The van der Waals surface area contributed by atoms with Crippen LogP contribution in [0.1, 0.15) is 5.56 Å². The fraction of sp³-hybridized carbons (Fsp3) is 0.167. The Morgan fingerprint density at radius 1 is 1.56 bits per heavy atom. The first-order valence-corrected chi connectivity index (χ1v) is 4.96. The molecule has 0 amide bonds. The average Bonchev–Trinajstić information content (AvgIpc) is 2.82. The Morgan fingerprint density at radius 3 is 2.94 bits per heavy atom. The number of hydrogen-bond donors (Lipinski definition) is 0. The molecule has 6 nitrogen and oxygen atoms in total. The van der Waals surface area contributed by atoms with Crippen LogP contribution in [0.15, 0.2) is 17.7 Å². The molecular weight excluding hydrogens is 238 g/mol. The van der Waals surface area contributed by atoms with Gasteiger partial charge in [-0.25, -0.2) is 0 Å². The minimum absolute atomic E-state index is 0.0739. The van der Waals surface area contributed by atoms with Gasteiger partial charge in [0.25, 0.3) is 0 Å². The summed E-state index contributed by atoms with van der Waals surface area (Å²) >= 11 is 0. The molecule has 0 aliphatic carbocycles. The summed E-state index contributed by atoms with van der Waals surface area (Å²) in [6, 6.07) is 4.65. The van der Waals surface area contributed by atoms with Crippen molar-refractivity contribution in [2.45, 2.75) is 0 Å². The molecule has 92 valence electrons. The van der Waals surface area contributed by atoms with E-state index in [4.69, 9.17) is 19.5 Å². The molecule has 1 aromatic carbocycles. The van der Waals surface area contributed by atoms with E-state index in [9.17, 15) is 9.90 Å². The molecule has 0 saturated carbocycles. The first kappa shape index (κ1) is 11.8. The Bertz CT molecular complexity index is 571. The van der Waals surface area contributed by atoms with E-state index in [1.807, 2.05) is 0 Å². The van der Waals surface area contributed by atoms with Crippen molar-refractivity contribution in [2.24, 2.45) is 0 Å². The Morgan fingerprint density at radius 2 is 2.33 bits per heavy atom. The van der Waals surface area contributed by atoms with Crippen LogP contribution in [0, 0.1) is 11.3 Å². The van der Waals surface area contributed by atoms with Crippen LogP contribution in [0.4, 0.5) is 0 Å². The summed E-state index contributed by atoms with van der Waals surface area (Å²) < 4.78 is 15.5. The molecule has 1 aromatic rings. The summed E-state index contributed by atoms with van der Waals surface area (Å²) in [5.74, 6) is -0.223. The lowest BCUT2D eigenvalue weighted by Gasteiger charge is -2.06. The van der Waals surface area contributed by atoms with Gasteiger partial charge in [0.2, 0.25) is 12.5 Å². The van der Waals surface area contributed by atoms with E-state index >= 15 is 0 Å². The molecule has 0 aromatic heterocycles. The molecule has 1 aliphatic rings. The van der Waals surface area contributed by atoms with Crippen molar-refractivity contribution in [3.8, 4) is 23.3 Å². The SMILES string of the molecule is COc1cc(/C=C(\C#N)C(=O)[O-])cc2c1OCO2. The first-order valence-electron chi connectivity index (χ1n) is 4.96. The zero-order chi connectivity index (χ0) is 13.1. The average molecular weight is 246 g/mol. The van der Waals surface area contributed by atoms with E-state index in [0.29, 0.717) is 22.8 Å². The van der Waals surface area contributed by atoms with E-state index in [1.54, 1.807) is 18.2 Å². The predicted octanol–water partition coefficient (Wildman–Crippen LogP) is 0.0808. The minimum Gasteiger partial charge on any atom is -0.544 e. The van der Waals surface area contributed by atoms with Crippen LogP contribution in [0.2, 0.25) is 0 Å². The largest absolute Gasteiger partial charge is 0.544 e. The number of ether oxygens (including phenoxy) is 3. The molecule has 2 rings (SSSR count). The van der Waals surface area contributed by atoms with Crippen LogP contribution in [0.25, 0.3) is 6.08 Å². The molecule has 0 radical (unpaired) electrons. The van der Waals surface area contributed by atoms with Gasteiger partial charge in [0, 0.05) is 0 Å². The zero-order valence-electron chi connectivity index (χ0n) is 9.43. The number of carbonyl (C=O) groups is 1. The Hall–Kier alpha value is -2.68. The Kier molecular flexibility index (Phi) is 3.06. The van der Waals surface area contributed by atoms with Crippen molar-refractivity contribution in [3.05, 3.63) is 23.3 Å². The number of fused-ring (bicyclic) bond motifs is 1. The van der Waals surface area contributed by atoms with E-state index in [0.717, 1.165) is 0 Å². The van der Waals surface area contributed by atoms with Crippen molar-refractivity contribution in [1.82, 2.24) is 0 Å². The highest BCUT2D eigenvalue weighted by Crippen LogP contribution is 2.42. The highest BCUT2D eigenvalue weighted by molar-refractivity contribution is 5.95. The third-order valence-corrected chi connectivity index (χ3v) is 2.33. The van der Waals surface area contributed by atoms with Crippen LogP contribution in [0.3, 0.4) is 0 Å². The normalized spacial score (nSPS) is 13.0. The summed E-state index contributed by atoms with van der Waals surface area (Å²) in [5, 5.41) is 19.3. The van der Waals surface area contributed by atoms with Gasteiger partial charge in [-0.1, -0.05) is 0 Å². The molecule has 0 saturated heterocycles. The van der Waals surface area contributed by atoms with Crippen LogP contribution in [-0.2, 0) is 4.79 Å². The van der Waals surface area contributed by atoms with Gasteiger partial charge in [-0.05, 0) is 23.8 Å². The molecule has 1 aliphatic heterocycles. The monoisotopic (exact) mass is 246 g/mol. The Labute approximate surface area is 103 Å². The van der Waals surface area contributed by atoms with Gasteiger partial charge >= 0.3 is 0 Å². The lowest BCUT2D eigenvalue weighted by Crippen LogP contribution is -2.23. The fourth-order valence-corrected chi connectivity index (χ4v) is 1.54. The van der Waals surface area contributed by atoms with Gasteiger partial charge in [0.05, 0.1) is 18.7 Å². The maximum Gasteiger partial charge on any atom is 0.231 e. The van der Waals surface area contributed by atoms with Gasteiger partial charge in [-0.2, -0.15) is 5.26 Å². The molecule has 0 N–H and O–H groups in total. The second-order valence-electron chi connectivity index (χ2n) is 3.41. The highest BCUT2D eigenvalue weighted by atomic mass is 16.7. The van der Waals surface area contributed by atoms with Gasteiger partial charge in [0.1, 0.15) is 6.07 Å². The quantitative estimate of drug-likeness (QED) is 0.554. The summed E-state index contributed by atoms with van der Waals surface area (Å²) in [7, 11) is 1.45. The summed E-state index contributed by atoms with van der Waals surface area (Å²) in [6.45, 7) is 0.0739. The predicted molar refractivity (Wildman–Crippen MR) is 57.7 cm³/mol. The van der Waals surface area contributed by atoms with Crippen LogP contribution < -0.4 is 19.3 Å². The first-order chi connectivity index (χ1) is 8.65. The maximum absolute atomic E-state index is 10.6. The van der Waals surface area contributed by atoms with E-state index in [1.165, 1.54) is 13.2 Å². The van der Waals surface area contributed by atoms with Gasteiger partial charge in [0.15, 0.2) is 11.5 Å². The molecule has 0 spiro atoms. The van der Waals surface area contributed by atoms with Crippen LogP contribution in [0.5, 0.6) is 17.2 Å². The number of carboxylic acid groups (broad SMARTS) is 1. The minimum atomic E-state index is -1.53. The highest BCUT2D eigenvalue weighted by Gasteiger charge is 2.19. The molecule has 1 heterocycles. The lowest BCUT2D eigenvalue weighted by molar-refractivity contribution is -0.298.